The minimum Gasteiger partial charge on any atom is -0.342 e. The number of benzene rings is 1. The van der Waals surface area contributed by atoms with Crippen molar-refractivity contribution in [1.82, 2.24) is 15.0 Å². The molecule has 0 saturated carbocycles. The Balaban J connectivity index is 2.04. The lowest BCUT2D eigenvalue weighted by molar-refractivity contribution is 0.0795. The van der Waals surface area contributed by atoms with Crippen molar-refractivity contribution in [3.63, 3.8) is 0 Å². The molecule has 0 bridgehead atoms. The zero-order valence-corrected chi connectivity index (χ0v) is 14.5. The molecule has 2 aromatic heterocycles. The number of carbonyl (C=O) groups excluding carboxylic acids is 1. The molecule has 0 aliphatic rings. The van der Waals surface area contributed by atoms with Crippen molar-refractivity contribution in [3.8, 4) is 11.3 Å². The molecule has 0 saturated heterocycles. The molecule has 0 fully saturated rings. The normalized spacial score (nSPS) is 10.8. The van der Waals surface area contributed by atoms with Crippen molar-refractivity contribution in [2.75, 3.05) is 13.6 Å². The van der Waals surface area contributed by atoms with Crippen molar-refractivity contribution < 1.29 is 9.32 Å². The minimum absolute atomic E-state index is 0.0556. The van der Waals surface area contributed by atoms with Crippen LogP contribution in [-0.4, -0.2) is 34.5 Å². The SMILES string of the molecule is C=CCCCN(C)C(=O)c1cc(-c2ccccc2)nc2onc(C)c12. The molecule has 1 amide bonds. The fraction of sp³-hybridized carbons (Fsp3) is 0.250. The Labute approximate surface area is 147 Å². The van der Waals surface area contributed by atoms with Crippen molar-refractivity contribution >= 4 is 17.0 Å². The largest absolute Gasteiger partial charge is 0.342 e. The van der Waals surface area contributed by atoms with Gasteiger partial charge in [-0.25, -0.2) is 4.98 Å². The van der Waals surface area contributed by atoms with Crippen LogP contribution in [0.5, 0.6) is 0 Å². The fourth-order valence-electron chi connectivity index (χ4n) is 2.80. The predicted octanol–water partition coefficient (Wildman–Crippen LogP) is 4.24. The van der Waals surface area contributed by atoms with Crippen LogP contribution in [0.25, 0.3) is 22.4 Å². The molecule has 3 aromatic rings. The standard InChI is InChI=1S/C20H21N3O2/c1-4-5-9-12-23(3)20(24)16-13-17(15-10-7-6-8-11-15)21-19-18(16)14(2)22-25-19/h4,6-8,10-11,13H,1,5,9,12H2,2-3H3. The van der Waals surface area contributed by atoms with E-state index in [-0.39, 0.29) is 5.91 Å². The van der Waals surface area contributed by atoms with Gasteiger partial charge in [-0.15, -0.1) is 6.58 Å². The number of hydrogen-bond acceptors (Lipinski definition) is 4. The zero-order valence-electron chi connectivity index (χ0n) is 14.5. The summed E-state index contributed by atoms with van der Waals surface area (Å²) < 4.78 is 5.33. The van der Waals surface area contributed by atoms with Gasteiger partial charge in [0.1, 0.15) is 0 Å². The van der Waals surface area contributed by atoms with Crippen LogP contribution in [0.4, 0.5) is 0 Å². The first-order valence-electron chi connectivity index (χ1n) is 8.30. The number of rotatable bonds is 6. The maximum absolute atomic E-state index is 13.0. The van der Waals surface area contributed by atoms with E-state index >= 15 is 0 Å². The van der Waals surface area contributed by atoms with Crippen LogP contribution < -0.4 is 0 Å². The molecule has 0 radical (unpaired) electrons. The molecule has 0 unspecified atom stereocenters. The molecule has 0 N–H and O–H groups in total. The number of amides is 1. The molecule has 0 aliphatic carbocycles. The third kappa shape index (κ3) is 3.45. The number of hydrogen-bond donors (Lipinski definition) is 0. The fourth-order valence-corrected chi connectivity index (χ4v) is 2.80. The van der Waals surface area contributed by atoms with Crippen LogP contribution in [0.15, 0.2) is 53.6 Å². The lowest BCUT2D eigenvalue weighted by Gasteiger charge is -2.17. The first kappa shape index (κ1) is 16.9. The molecule has 5 heteroatoms. The second kappa shape index (κ2) is 7.30. The van der Waals surface area contributed by atoms with Gasteiger partial charge >= 0.3 is 0 Å². The Kier molecular flexibility index (Phi) is 4.93. The van der Waals surface area contributed by atoms with E-state index in [1.807, 2.05) is 56.4 Å². The van der Waals surface area contributed by atoms with Crippen molar-refractivity contribution in [3.05, 3.63) is 60.3 Å². The molecule has 128 valence electrons. The van der Waals surface area contributed by atoms with E-state index in [1.165, 1.54) is 0 Å². The van der Waals surface area contributed by atoms with Crippen LogP contribution in [0.2, 0.25) is 0 Å². The molecule has 3 rings (SSSR count). The van der Waals surface area contributed by atoms with Crippen molar-refractivity contribution in [2.45, 2.75) is 19.8 Å². The number of aryl methyl sites for hydroxylation is 1. The Hall–Kier alpha value is -2.95. The molecule has 0 spiro atoms. The highest BCUT2D eigenvalue weighted by Gasteiger charge is 2.21. The Morgan fingerprint density at radius 3 is 2.80 bits per heavy atom. The summed E-state index contributed by atoms with van der Waals surface area (Å²) in [6.45, 7) is 6.21. The molecule has 0 aliphatic heterocycles. The van der Waals surface area contributed by atoms with Gasteiger partial charge in [0.05, 0.1) is 22.3 Å². The molecular formula is C20H21N3O2. The average Bonchev–Trinajstić information content (AvgIpc) is 3.02. The topological polar surface area (TPSA) is 59.2 Å². The number of fused-ring (bicyclic) bond motifs is 1. The Bertz CT molecular complexity index is 900. The number of aromatic nitrogens is 2. The molecular weight excluding hydrogens is 314 g/mol. The Morgan fingerprint density at radius 1 is 1.32 bits per heavy atom. The lowest BCUT2D eigenvalue weighted by atomic mass is 10.0. The Morgan fingerprint density at radius 2 is 2.08 bits per heavy atom. The molecule has 2 heterocycles. The number of nitrogens with zero attached hydrogens (tertiary/aromatic N) is 3. The summed E-state index contributed by atoms with van der Waals surface area (Å²) in [6.07, 6.45) is 3.62. The highest BCUT2D eigenvalue weighted by Crippen LogP contribution is 2.27. The number of carbonyl (C=O) groups is 1. The van der Waals surface area contributed by atoms with Gasteiger partial charge in [0.15, 0.2) is 0 Å². The molecule has 25 heavy (non-hydrogen) atoms. The number of unbranched alkanes of at least 4 members (excludes halogenated alkanes) is 1. The van der Waals surface area contributed by atoms with E-state index in [1.54, 1.807) is 4.90 Å². The van der Waals surface area contributed by atoms with Crippen molar-refractivity contribution in [1.29, 1.82) is 0 Å². The minimum atomic E-state index is -0.0556. The quantitative estimate of drug-likeness (QED) is 0.499. The van der Waals surface area contributed by atoms with E-state index in [2.05, 4.69) is 16.7 Å². The monoisotopic (exact) mass is 335 g/mol. The third-order valence-electron chi connectivity index (χ3n) is 4.17. The van der Waals surface area contributed by atoms with Gasteiger partial charge in [-0.2, -0.15) is 0 Å². The molecule has 5 nitrogen and oxygen atoms in total. The molecule has 1 aromatic carbocycles. The zero-order chi connectivity index (χ0) is 17.8. The second-order valence-corrected chi connectivity index (χ2v) is 6.03. The van der Waals surface area contributed by atoms with Crippen LogP contribution in [0.1, 0.15) is 28.9 Å². The van der Waals surface area contributed by atoms with Gasteiger partial charge < -0.3 is 9.42 Å². The van der Waals surface area contributed by atoms with Crippen LogP contribution in [0.3, 0.4) is 0 Å². The van der Waals surface area contributed by atoms with Crippen LogP contribution >= 0.6 is 0 Å². The highest BCUT2D eigenvalue weighted by atomic mass is 16.5. The summed E-state index contributed by atoms with van der Waals surface area (Å²) in [5, 5.41) is 4.67. The van der Waals surface area contributed by atoms with E-state index < -0.39 is 0 Å². The van der Waals surface area contributed by atoms with E-state index in [0.717, 1.165) is 18.4 Å². The summed E-state index contributed by atoms with van der Waals surface area (Å²) in [5.41, 5.74) is 3.27. The van der Waals surface area contributed by atoms with Gasteiger partial charge in [-0.05, 0) is 25.8 Å². The molecule has 0 atom stereocenters. The van der Waals surface area contributed by atoms with E-state index in [4.69, 9.17) is 4.52 Å². The maximum atomic E-state index is 13.0. The third-order valence-corrected chi connectivity index (χ3v) is 4.17. The van der Waals surface area contributed by atoms with Gasteiger partial charge in [-0.3, -0.25) is 4.79 Å². The number of allylic oxidation sites excluding steroid dienone is 1. The van der Waals surface area contributed by atoms with Crippen LogP contribution in [0, 0.1) is 6.92 Å². The summed E-state index contributed by atoms with van der Waals surface area (Å²) in [6, 6.07) is 11.6. The summed E-state index contributed by atoms with van der Waals surface area (Å²) >= 11 is 0. The highest BCUT2D eigenvalue weighted by molar-refractivity contribution is 6.06. The van der Waals surface area contributed by atoms with Gasteiger partial charge in [0, 0.05) is 19.2 Å². The van der Waals surface area contributed by atoms with Crippen molar-refractivity contribution in [2.24, 2.45) is 0 Å². The van der Waals surface area contributed by atoms with E-state index in [9.17, 15) is 4.79 Å². The smallest absolute Gasteiger partial charge is 0.259 e. The lowest BCUT2D eigenvalue weighted by Crippen LogP contribution is -2.28. The summed E-state index contributed by atoms with van der Waals surface area (Å²) in [4.78, 5) is 19.2. The number of pyridine rings is 1. The maximum Gasteiger partial charge on any atom is 0.259 e. The van der Waals surface area contributed by atoms with Gasteiger partial charge in [-0.1, -0.05) is 41.6 Å². The predicted molar refractivity (Wildman–Crippen MR) is 98.4 cm³/mol. The van der Waals surface area contributed by atoms with Crippen LogP contribution in [-0.2, 0) is 0 Å². The van der Waals surface area contributed by atoms with E-state index in [0.29, 0.717) is 34.6 Å². The summed E-state index contributed by atoms with van der Waals surface area (Å²) in [5.74, 6) is -0.0556. The second-order valence-electron chi connectivity index (χ2n) is 6.03. The summed E-state index contributed by atoms with van der Waals surface area (Å²) in [7, 11) is 1.81. The van der Waals surface area contributed by atoms with Gasteiger partial charge in [0.2, 0.25) is 0 Å². The first-order chi connectivity index (χ1) is 12.1. The first-order valence-corrected chi connectivity index (χ1v) is 8.30. The van der Waals surface area contributed by atoms with Gasteiger partial charge in [0.25, 0.3) is 11.6 Å². The average molecular weight is 335 g/mol.